The van der Waals surface area contributed by atoms with E-state index < -0.39 is 0 Å². The van der Waals surface area contributed by atoms with E-state index in [-0.39, 0.29) is 6.17 Å². The molecule has 2 nitrogen and oxygen atoms in total. The number of nitrogens with zero attached hydrogens (tertiary/aromatic N) is 1. The molecule has 0 bridgehead atoms. The normalized spacial score (nSPS) is 12.3. The molecule has 0 aliphatic carbocycles. The van der Waals surface area contributed by atoms with Gasteiger partial charge in [-0.25, -0.2) is 0 Å². The Kier molecular flexibility index (Phi) is 7.97. The molecule has 0 aliphatic rings. The maximum Gasteiger partial charge on any atom is 0.123 e. The quantitative estimate of drug-likeness (QED) is 0.416. The van der Waals surface area contributed by atoms with Gasteiger partial charge in [0.25, 0.3) is 0 Å². The Labute approximate surface area is 118 Å². The maximum absolute atomic E-state index is 5.65. The topological polar surface area (TPSA) is 15.3 Å². The van der Waals surface area contributed by atoms with Gasteiger partial charge in [-0.2, -0.15) is 0 Å². The smallest absolute Gasteiger partial charge is 0.123 e. The SMILES string of the molecule is C#CC(NCCCC)N(CC)CCc1ccccc1. The molecule has 1 rings (SSSR count). The van der Waals surface area contributed by atoms with Crippen LogP contribution in [0.5, 0.6) is 0 Å². The summed E-state index contributed by atoms with van der Waals surface area (Å²) in [5, 5.41) is 3.45. The van der Waals surface area contributed by atoms with Crippen molar-refractivity contribution in [3.63, 3.8) is 0 Å². The number of nitrogens with one attached hydrogen (secondary N) is 1. The van der Waals surface area contributed by atoms with Crippen molar-refractivity contribution >= 4 is 0 Å². The van der Waals surface area contributed by atoms with E-state index in [1.54, 1.807) is 0 Å². The summed E-state index contributed by atoms with van der Waals surface area (Å²) in [7, 11) is 0. The molecule has 0 saturated carbocycles. The van der Waals surface area contributed by atoms with E-state index in [2.05, 4.69) is 60.3 Å². The van der Waals surface area contributed by atoms with E-state index in [1.807, 2.05) is 0 Å². The molecule has 2 heteroatoms. The lowest BCUT2D eigenvalue weighted by Gasteiger charge is -2.27. The molecular formula is C17H26N2. The van der Waals surface area contributed by atoms with Gasteiger partial charge in [0.1, 0.15) is 6.17 Å². The highest BCUT2D eigenvalue weighted by molar-refractivity contribution is 5.15. The number of rotatable bonds is 9. The Balaban J connectivity index is 2.44. The molecule has 1 atom stereocenters. The highest BCUT2D eigenvalue weighted by atomic mass is 15.3. The van der Waals surface area contributed by atoms with Crippen LogP contribution in [0.3, 0.4) is 0 Å². The summed E-state index contributed by atoms with van der Waals surface area (Å²) < 4.78 is 0. The first-order valence-electron chi connectivity index (χ1n) is 7.29. The van der Waals surface area contributed by atoms with Crippen molar-refractivity contribution in [3.05, 3.63) is 35.9 Å². The van der Waals surface area contributed by atoms with Crippen LogP contribution in [-0.2, 0) is 6.42 Å². The lowest BCUT2D eigenvalue weighted by Crippen LogP contribution is -2.45. The van der Waals surface area contributed by atoms with Crippen LogP contribution in [-0.4, -0.2) is 30.7 Å². The van der Waals surface area contributed by atoms with Crippen LogP contribution >= 0.6 is 0 Å². The highest BCUT2D eigenvalue weighted by Gasteiger charge is 2.13. The van der Waals surface area contributed by atoms with Crippen molar-refractivity contribution < 1.29 is 0 Å². The zero-order chi connectivity index (χ0) is 13.9. The molecule has 0 fully saturated rings. The van der Waals surface area contributed by atoms with Crippen LogP contribution < -0.4 is 5.32 Å². The lowest BCUT2D eigenvalue weighted by atomic mass is 10.1. The maximum atomic E-state index is 5.65. The van der Waals surface area contributed by atoms with E-state index in [0.29, 0.717) is 0 Å². The minimum absolute atomic E-state index is 0.0558. The molecule has 1 aromatic rings. The van der Waals surface area contributed by atoms with Crippen molar-refractivity contribution in [1.29, 1.82) is 0 Å². The molecule has 0 spiro atoms. The highest BCUT2D eigenvalue weighted by Crippen LogP contribution is 2.03. The third-order valence-corrected chi connectivity index (χ3v) is 3.33. The van der Waals surface area contributed by atoms with Gasteiger partial charge in [0, 0.05) is 6.54 Å². The summed E-state index contributed by atoms with van der Waals surface area (Å²) in [4.78, 5) is 2.32. The van der Waals surface area contributed by atoms with E-state index in [9.17, 15) is 0 Å². The summed E-state index contributed by atoms with van der Waals surface area (Å²) in [6, 6.07) is 10.6. The van der Waals surface area contributed by atoms with Crippen LogP contribution in [0.15, 0.2) is 30.3 Å². The fraction of sp³-hybridized carbons (Fsp3) is 0.529. The fourth-order valence-electron chi connectivity index (χ4n) is 2.10. The van der Waals surface area contributed by atoms with Gasteiger partial charge < -0.3 is 0 Å². The average Bonchev–Trinajstić information content (AvgIpc) is 2.47. The molecule has 1 aromatic carbocycles. The summed E-state index contributed by atoms with van der Waals surface area (Å²) in [5.41, 5.74) is 1.37. The number of likely N-dealkylation sites (N-methyl/N-ethyl adjacent to an activating group) is 1. The Bertz CT molecular complexity index is 367. The molecule has 0 heterocycles. The summed E-state index contributed by atoms with van der Waals surface area (Å²) in [6.07, 6.45) is 9.12. The molecule has 1 unspecified atom stereocenters. The third-order valence-electron chi connectivity index (χ3n) is 3.33. The number of hydrogen-bond donors (Lipinski definition) is 1. The molecule has 1 N–H and O–H groups in total. The van der Waals surface area contributed by atoms with Crippen LogP contribution in [0.2, 0.25) is 0 Å². The van der Waals surface area contributed by atoms with Gasteiger partial charge in [0.15, 0.2) is 0 Å². The van der Waals surface area contributed by atoms with Gasteiger partial charge >= 0.3 is 0 Å². The molecule has 19 heavy (non-hydrogen) atoms. The van der Waals surface area contributed by atoms with Gasteiger partial charge in [0.2, 0.25) is 0 Å². The molecule has 0 radical (unpaired) electrons. The van der Waals surface area contributed by atoms with E-state index in [4.69, 9.17) is 6.42 Å². The molecule has 0 aliphatic heterocycles. The van der Waals surface area contributed by atoms with Gasteiger partial charge in [-0.1, -0.05) is 56.5 Å². The van der Waals surface area contributed by atoms with Gasteiger partial charge in [-0.15, -0.1) is 6.42 Å². The Morgan fingerprint density at radius 2 is 2.00 bits per heavy atom. The average molecular weight is 258 g/mol. The molecule has 0 saturated heterocycles. The second kappa shape index (κ2) is 9.61. The Morgan fingerprint density at radius 3 is 2.58 bits per heavy atom. The van der Waals surface area contributed by atoms with Crippen LogP contribution in [0.4, 0.5) is 0 Å². The van der Waals surface area contributed by atoms with Crippen molar-refractivity contribution in [2.24, 2.45) is 0 Å². The number of hydrogen-bond acceptors (Lipinski definition) is 2. The Hall–Kier alpha value is -1.30. The zero-order valence-electron chi connectivity index (χ0n) is 12.2. The van der Waals surface area contributed by atoms with Crippen LogP contribution in [0.25, 0.3) is 0 Å². The van der Waals surface area contributed by atoms with E-state index in [1.165, 1.54) is 18.4 Å². The van der Waals surface area contributed by atoms with Crippen LogP contribution in [0, 0.1) is 12.3 Å². The second-order valence-corrected chi connectivity index (χ2v) is 4.74. The molecular weight excluding hydrogens is 232 g/mol. The summed E-state index contributed by atoms with van der Waals surface area (Å²) >= 11 is 0. The Morgan fingerprint density at radius 1 is 1.26 bits per heavy atom. The predicted molar refractivity (Wildman–Crippen MR) is 82.9 cm³/mol. The zero-order valence-corrected chi connectivity index (χ0v) is 12.2. The molecule has 104 valence electrons. The van der Waals surface area contributed by atoms with Gasteiger partial charge in [0.05, 0.1) is 0 Å². The van der Waals surface area contributed by atoms with E-state index in [0.717, 1.165) is 26.1 Å². The predicted octanol–water partition coefficient (Wildman–Crippen LogP) is 2.90. The molecule has 0 aromatic heterocycles. The summed E-state index contributed by atoms with van der Waals surface area (Å²) in [5.74, 6) is 2.86. The van der Waals surface area contributed by atoms with Crippen molar-refractivity contribution in [1.82, 2.24) is 10.2 Å². The number of unbranched alkanes of at least 4 members (excludes halogenated alkanes) is 1. The standard InChI is InChI=1S/C17H26N2/c1-4-7-14-18-17(5-2)19(6-3)15-13-16-11-9-8-10-12-16/h2,8-12,17-18H,4,6-7,13-15H2,1,3H3. The van der Waals surface area contributed by atoms with Crippen LogP contribution in [0.1, 0.15) is 32.3 Å². The third kappa shape index (κ3) is 5.92. The van der Waals surface area contributed by atoms with Crippen molar-refractivity contribution in [2.75, 3.05) is 19.6 Å². The van der Waals surface area contributed by atoms with Crippen molar-refractivity contribution in [3.8, 4) is 12.3 Å². The molecule has 0 amide bonds. The van der Waals surface area contributed by atoms with Gasteiger partial charge in [-0.05, 0) is 31.5 Å². The lowest BCUT2D eigenvalue weighted by molar-refractivity contribution is 0.219. The van der Waals surface area contributed by atoms with Crippen molar-refractivity contribution in [2.45, 2.75) is 39.3 Å². The second-order valence-electron chi connectivity index (χ2n) is 4.74. The first kappa shape index (κ1) is 15.8. The number of terminal acetylenes is 1. The van der Waals surface area contributed by atoms with Gasteiger partial charge in [-0.3, -0.25) is 10.2 Å². The number of benzene rings is 1. The first-order chi connectivity index (χ1) is 9.31. The minimum Gasteiger partial charge on any atom is -0.292 e. The fourth-order valence-corrected chi connectivity index (χ4v) is 2.10. The summed E-state index contributed by atoms with van der Waals surface area (Å²) in [6.45, 7) is 7.32. The van der Waals surface area contributed by atoms with E-state index >= 15 is 0 Å². The monoisotopic (exact) mass is 258 g/mol. The minimum atomic E-state index is 0.0558. The first-order valence-corrected chi connectivity index (χ1v) is 7.29. The largest absolute Gasteiger partial charge is 0.292 e.